The zero-order chi connectivity index (χ0) is 12.5. The zero-order valence-corrected chi connectivity index (χ0v) is 10.6. The number of nitrogens with zero attached hydrogens (tertiary/aromatic N) is 3. The molecule has 92 valence electrons. The summed E-state index contributed by atoms with van der Waals surface area (Å²) in [5, 5.41) is 5.56. The summed E-state index contributed by atoms with van der Waals surface area (Å²) in [6.45, 7) is 0.139. The quantitative estimate of drug-likeness (QED) is 0.812. The lowest BCUT2D eigenvalue weighted by atomic mass is 10.5. The standard InChI is InChI=1S/C8H11N5O2S2/c1-13-3-7(8(9)12-13)17(14,15)11-2-6-4-16-5-10-6/h3-5,11H,2H2,1H3,(H2,9,12). The number of thiazole rings is 1. The third-order valence-electron chi connectivity index (χ3n) is 2.04. The van der Waals surface area contributed by atoms with E-state index in [1.54, 1.807) is 17.9 Å². The summed E-state index contributed by atoms with van der Waals surface area (Å²) in [4.78, 5) is 3.96. The van der Waals surface area contributed by atoms with Gasteiger partial charge in [0, 0.05) is 18.6 Å². The van der Waals surface area contributed by atoms with Crippen molar-refractivity contribution in [3.05, 3.63) is 22.8 Å². The van der Waals surface area contributed by atoms with Crippen LogP contribution < -0.4 is 10.5 Å². The van der Waals surface area contributed by atoms with E-state index in [9.17, 15) is 8.42 Å². The fourth-order valence-corrected chi connectivity index (χ4v) is 2.92. The van der Waals surface area contributed by atoms with Gasteiger partial charge >= 0.3 is 0 Å². The molecule has 0 atom stereocenters. The maximum absolute atomic E-state index is 11.9. The summed E-state index contributed by atoms with van der Waals surface area (Å²) >= 11 is 1.41. The summed E-state index contributed by atoms with van der Waals surface area (Å²) in [6.07, 6.45) is 1.36. The van der Waals surface area contributed by atoms with Crippen molar-refractivity contribution < 1.29 is 8.42 Å². The minimum absolute atomic E-state index is 0.0155. The number of nitrogens with one attached hydrogen (secondary N) is 1. The van der Waals surface area contributed by atoms with Gasteiger partial charge in [0.25, 0.3) is 0 Å². The van der Waals surface area contributed by atoms with E-state index in [2.05, 4.69) is 14.8 Å². The number of rotatable bonds is 4. The fourth-order valence-electron chi connectivity index (χ4n) is 1.26. The largest absolute Gasteiger partial charge is 0.381 e. The molecule has 2 heterocycles. The second-order valence-electron chi connectivity index (χ2n) is 3.36. The molecule has 17 heavy (non-hydrogen) atoms. The van der Waals surface area contributed by atoms with Crippen LogP contribution in [0.4, 0.5) is 5.82 Å². The van der Waals surface area contributed by atoms with Gasteiger partial charge in [-0.2, -0.15) is 5.10 Å². The van der Waals surface area contributed by atoms with Crippen LogP contribution in [0.25, 0.3) is 0 Å². The summed E-state index contributed by atoms with van der Waals surface area (Å²) < 4.78 is 27.6. The summed E-state index contributed by atoms with van der Waals surface area (Å²) in [7, 11) is -2.03. The molecule has 0 unspecified atom stereocenters. The van der Waals surface area contributed by atoms with Gasteiger partial charge < -0.3 is 5.73 Å². The lowest BCUT2D eigenvalue weighted by Gasteiger charge is -2.02. The lowest BCUT2D eigenvalue weighted by Crippen LogP contribution is -2.23. The zero-order valence-electron chi connectivity index (χ0n) is 8.99. The van der Waals surface area contributed by atoms with Gasteiger partial charge in [0.05, 0.1) is 17.7 Å². The number of nitrogens with two attached hydrogens (primary N) is 1. The Morgan fingerprint density at radius 1 is 1.59 bits per heavy atom. The molecule has 2 aromatic rings. The van der Waals surface area contributed by atoms with Crippen molar-refractivity contribution in [3.8, 4) is 0 Å². The van der Waals surface area contributed by atoms with Gasteiger partial charge in [-0.15, -0.1) is 11.3 Å². The predicted octanol–water partition coefficient (Wildman–Crippen LogP) is -0.0627. The molecule has 0 amide bonds. The number of hydrogen-bond donors (Lipinski definition) is 2. The van der Waals surface area contributed by atoms with Crippen LogP contribution >= 0.6 is 11.3 Å². The van der Waals surface area contributed by atoms with Gasteiger partial charge in [-0.05, 0) is 0 Å². The Labute approximate surface area is 102 Å². The molecule has 0 aromatic carbocycles. The Bertz CT molecular complexity index is 602. The Balaban J connectivity index is 2.17. The van der Waals surface area contributed by atoms with Gasteiger partial charge in [0.2, 0.25) is 10.0 Å². The van der Waals surface area contributed by atoms with Crippen LogP contribution in [0.3, 0.4) is 0 Å². The highest BCUT2D eigenvalue weighted by Crippen LogP contribution is 2.15. The predicted molar refractivity (Wildman–Crippen MR) is 63.8 cm³/mol. The van der Waals surface area contributed by atoms with Crippen LogP contribution in [-0.4, -0.2) is 23.2 Å². The first-order valence-corrected chi connectivity index (χ1v) is 7.07. The van der Waals surface area contributed by atoms with Crippen molar-refractivity contribution in [2.75, 3.05) is 5.73 Å². The van der Waals surface area contributed by atoms with Crippen LogP contribution in [-0.2, 0) is 23.6 Å². The molecule has 0 saturated carbocycles. The van der Waals surface area contributed by atoms with Crippen molar-refractivity contribution in [2.45, 2.75) is 11.4 Å². The smallest absolute Gasteiger partial charge is 0.246 e. The molecule has 2 aromatic heterocycles. The molecule has 0 bridgehead atoms. The highest BCUT2D eigenvalue weighted by atomic mass is 32.2. The molecule has 3 N–H and O–H groups in total. The van der Waals surface area contributed by atoms with Crippen molar-refractivity contribution >= 4 is 27.2 Å². The molecular formula is C8H11N5O2S2. The van der Waals surface area contributed by atoms with E-state index in [-0.39, 0.29) is 17.3 Å². The van der Waals surface area contributed by atoms with Crippen LogP contribution in [0.1, 0.15) is 5.69 Å². The molecule has 2 rings (SSSR count). The number of aromatic nitrogens is 3. The van der Waals surface area contributed by atoms with Crippen molar-refractivity contribution in [2.24, 2.45) is 7.05 Å². The SMILES string of the molecule is Cn1cc(S(=O)(=O)NCc2cscn2)c(N)n1. The molecule has 0 saturated heterocycles. The van der Waals surface area contributed by atoms with E-state index in [0.717, 1.165) is 0 Å². The maximum atomic E-state index is 11.9. The van der Waals surface area contributed by atoms with E-state index in [0.29, 0.717) is 5.69 Å². The van der Waals surface area contributed by atoms with Gasteiger partial charge in [0.1, 0.15) is 4.90 Å². The summed E-state index contributed by atoms with van der Waals surface area (Å²) in [5.41, 5.74) is 7.82. The average molecular weight is 273 g/mol. The Morgan fingerprint density at radius 2 is 2.35 bits per heavy atom. The number of hydrogen-bond acceptors (Lipinski definition) is 6. The van der Waals surface area contributed by atoms with Gasteiger partial charge in [-0.1, -0.05) is 0 Å². The van der Waals surface area contributed by atoms with E-state index < -0.39 is 10.0 Å². The number of anilines is 1. The number of nitrogen functional groups attached to an aromatic ring is 1. The van der Waals surface area contributed by atoms with Crippen molar-refractivity contribution in [1.29, 1.82) is 0 Å². The first-order chi connectivity index (χ1) is 7.99. The van der Waals surface area contributed by atoms with Crippen LogP contribution in [0.5, 0.6) is 0 Å². The van der Waals surface area contributed by atoms with Gasteiger partial charge in [-0.25, -0.2) is 18.1 Å². The van der Waals surface area contributed by atoms with E-state index in [1.807, 2.05) is 0 Å². The highest BCUT2D eigenvalue weighted by molar-refractivity contribution is 7.89. The molecule has 7 nitrogen and oxygen atoms in total. The van der Waals surface area contributed by atoms with Gasteiger partial charge in [-0.3, -0.25) is 4.68 Å². The van der Waals surface area contributed by atoms with Crippen LogP contribution in [0, 0.1) is 0 Å². The molecule has 9 heteroatoms. The highest BCUT2D eigenvalue weighted by Gasteiger charge is 2.20. The first-order valence-electron chi connectivity index (χ1n) is 4.65. The molecule has 0 aliphatic rings. The van der Waals surface area contributed by atoms with Crippen molar-refractivity contribution in [1.82, 2.24) is 19.5 Å². The monoisotopic (exact) mass is 273 g/mol. The second-order valence-corrected chi connectivity index (χ2v) is 5.81. The average Bonchev–Trinajstić information content (AvgIpc) is 2.85. The molecule has 0 aliphatic carbocycles. The van der Waals surface area contributed by atoms with E-state index >= 15 is 0 Å². The Hall–Kier alpha value is -1.45. The van der Waals surface area contributed by atoms with Gasteiger partial charge in [0.15, 0.2) is 5.82 Å². The minimum Gasteiger partial charge on any atom is -0.381 e. The first kappa shape index (κ1) is 12.0. The second kappa shape index (κ2) is 4.43. The molecule has 0 aliphatic heterocycles. The third kappa shape index (κ3) is 2.62. The molecular weight excluding hydrogens is 262 g/mol. The molecule has 0 radical (unpaired) electrons. The number of aryl methyl sites for hydroxylation is 1. The Morgan fingerprint density at radius 3 is 2.88 bits per heavy atom. The topological polar surface area (TPSA) is 103 Å². The lowest BCUT2D eigenvalue weighted by molar-refractivity contribution is 0.581. The van der Waals surface area contributed by atoms with E-state index in [1.165, 1.54) is 22.2 Å². The third-order valence-corrected chi connectivity index (χ3v) is 4.09. The summed E-state index contributed by atoms with van der Waals surface area (Å²) in [6, 6.07) is 0. The van der Waals surface area contributed by atoms with E-state index in [4.69, 9.17) is 5.73 Å². The van der Waals surface area contributed by atoms with Crippen molar-refractivity contribution in [3.63, 3.8) is 0 Å². The molecule has 0 spiro atoms. The molecule has 0 fully saturated rings. The fraction of sp³-hybridized carbons (Fsp3) is 0.250. The van der Waals surface area contributed by atoms with Crippen LogP contribution in [0.2, 0.25) is 0 Å². The normalized spacial score (nSPS) is 11.8. The number of sulfonamides is 1. The Kier molecular flexibility index (Phi) is 3.13. The minimum atomic E-state index is -3.64. The summed E-state index contributed by atoms with van der Waals surface area (Å²) in [5.74, 6) is -0.0155. The maximum Gasteiger partial charge on any atom is 0.246 e. The van der Waals surface area contributed by atoms with Crippen LogP contribution in [0.15, 0.2) is 22.0 Å².